The zero-order chi connectivity index (χ0) is 13.9. The lowest BCUT2D eigenvalue weighted by atomic mass is 10.1. The van der Waals surface area contributed by atoms with Gasteiger partial charge in [-0.05, 0) is 36.8 Å². The molecule has 20 heavy (non-hydrogen) atoms. The highest BCUT2D eigenvalue weighted by Crippen LogP contribution is 2.28. The maximum Gasteiger partial charge on any atom is 0.142 e. The maximum absolute atomic E-state index is 8.94. The number of rotatable bonds is 2. The molecule has 3 aromatic rings. The smallest absolute Gasteiger partial charge is 0.142 e. The van der Waals surface area contributed by atoms with Gasteiger partial charge in [0.25, 0.3) is 0 Å². The Morgan fingerprint density at radius 1 is 1.15 bits per heavy atom. The van der Waals surface area contributed by atoms with Crippen LogP contribution in [0.15, 0.2) is 48.0 Å². The zero-order valence-electron chi connectivity index (χ0n) is 10.9. The van der Waals surface area contributed by atoms with Gasteiger partial charge in [0.2, 0.25) is 0 Å². The van der Waals surface area contributed by atoms with Crippen LogP contribution in [0.4, 0.5) is 0 Å². The van der Waals surface area contributed by atoms with Gasteiger partial charge in [0.05, 0.1) is 23.0 Å². The molecule has 2 heterocycles. The highest BCUT2D eigenvalue weighted by molar-refractivity contribution is 7.13. The van der Waals surface area contributed by atoms with E-state index in [-0.39, 0.29) is 0 Å². The number of hydrogen-bond acceptors (Lipinski definition) is 4. The number of hydrogen-bond donors (Lipinski definition) is 0. The van der Waals surface area contributed by atoms with E-state index in [4.69, 9.17) is 5.26 Å². The molecule has 0 spiro atoms. The Kier molecular flexibility index (Phi) is 3.28. The van der Waals surface area contributed by atoms with Crippen molar-refractivity contribution in [2.24, 2.45) is 0 Å². The van der Waals surface area contributed by atoms with Crippen LogP contribution in [-0.4, -0.2) is 9.97 Å². The monoisotopic (exact) mass is 277 g/mol. The van der Waals surface area contributed by atoms with Crippen LogP contribution in [0.5, 0.6) is 0 Å². The Balaban J connectivity index is 2.00. The summed E-state index contributed by atoms with van der Waals surface area (Å²) in [6.07, 6.45) is 1.79. The number of nitrogens with zero attached hydrogens (tertiary/aromatic N) is 3. The highest BCUT2D eigenvalue weighted by atomic mass is 32.1. The fourth-order valence-electron chi connectivity index (χ4n) is 1.93. The third-order valence-corrected chi connectivity index (χ3v) is 3.79. The van der Waals surface area contributed by atoms with Crippen LogP contribution >= 0.6 is 11.3 Å². The second-order valence-electron chi connectivity index (χ2n) is 4.45. The molecular formula is C16H11N3S. The first-order valence-electron chi connectivity index (χ1n) is 6.15. The number of benzene rings is 1. The fourth-order valence-corrected chi connectivity index (χ4v) is 2.72. The van der Waals surface area contributed by atoms with Gasteiger partial charge >= 0.3 is 0 Å². The minimum atomic E-state index is 0.644. The third kappa shape index (κ3) is 2.44. The van der Waals surface area contributed by atoms with Crippen LogP contribution in [0.1, 0.15) is 11.1 Å². The van der Waals surface area contributed by atoms with Gasteiger partial charge < -0.3 is 0 Å². The van der Waals surface area contributed by atoms with E-state index in [0.29, 0.717) is 5.56 Å². The third-order valence-electron chi connectivity index (χ3n) is 2.93. The van der Waals surface area contributed by atoms with Crippen molar-refractivity contribution < 1.29 is 0 Å². The summed E-state index contributed by atoms with van der Waals surface area (Å²) in [5, 5.41) is 11.8. The van der Waals surface area contributed by atoms with E-state index in [1.807, 2.05) is 42.6 Å². The molecule has 0 bridgehead atoms. The van der Waals surface area contributed by atoms with Crippen molar-refractivity contribution in [1.82, 2.24) is 9.97 Å². The minimum Gasteiger partial charge on any atom is -0.254 e. The van der Waals surface area contributed by atoms with E-state index < -0.39 is 0 Å². The molecular weight excluding hydrogens is 266 g/mol. The second-order valence-corrected chi connectivity index (χ2v) is 5.31. The molecule has 0 aliphatic heterocycles. The van der Waals surface area contributed by atoms with Gasteiger partial charge in [0, 0.05) is 17.1 Å². The average Bonchev–Trinajstić information content (AvgIpc) is 2.97. The summed E-state index contributed by atoms with van der Waals surface area (Å²) in [6.45, 7) is 2.04. The molecule has 0 amide bonds. The van der Waals surface area contributed by atoms with Gasteiger partial charge in [-0.3, -0.25) is 4.98 Å². The first-order valence-corrected chi connectivity index (χ1v) is 7.03. The number of aromatic nitrogens is 2. The molecule has 0 atom stereocenters. The standard InChI is InChI=1S/C16H11N3S/c1-11-5-6-18-14(7-11)16-19-15(10-20-16)13-4-2-3-12(8-13)9-17/h2-8,10H,1H3. The van der Waals surface area contributed by atoms with Crippen LogP contribution in [0, 0.1) is 18.3 Å². The molecule has 0 radical (unpaired) electrons. The second kappa shape index (κ2) is 5.24. The molecule has 0 unspecified atom stereocenters. The van der Waals surface area contributed by atoms with Crippen molar-refractivity contribution >= 4 is 11.3 Å². The predicted octanol–water partition coefficient (Wildman–Crippen LogP) is 4.05. The normalized spacial score (nSPS) is 10.2. The Morgan fingerprint density at radius 3 is 2.85 bits per heavy atom. The molecule has 3 rings (SSSR count). The van der Waals surface area contributed by atoms with Gasteiger partial charge in [0.15, 0.2) is 0 Å². The molecule has 0 aliphatic carbocycles. The first-order chi connectivity index (χ1) is 9.76. The van der Waals surface area contributed by atoms with Crippen molar-refractivity contribution in [2.75, 3.05) is 0 Å². The SMILES string of the molecule is Cc1ccnc(-c2nc(-c3cccc(C#N)c3)cs2)c1. The molecule has 0 N–H and O–H groups in total. The van der Waals surface area contributed by atoms with Crippen molar-refractivity contribution in [3.63, 3.8) is 0 Å². The molecule has 4 heteroatoms. The summed E-state index contributed by atoms with van der Waals surface area (Å²) in [7, 11) is 0. The van der Waals surface area contributed by atoms with Crippen LogP contribution in [0.3, 0.4) is 0 Å². The van der Waals surface area contributed by atoms with E-state index >= 15 is 0 Å². The first kappa shape index (κ1) is 12.5. The Morgan fingerprint density at radius 2 is 2.05 bits per heavy atom. The average molecular weight is 277 g/mol. The van der Waals surface area contributed by atoms with E-state index in [1.165, 1.54) is 5.56 Å². The molecule has 3 nitrogen and oxygen atoms in total. The van der Waals surface area contributed by atoms with Crippen LogP contribution in [0.2, 0.25) is 0 Å². The van der Waals surface area contributed by atoms with Crippen LogP contribution in [0.25, 0.3) is 22.0 Å². The number of nitriles is 1. The summed E-state index contributed by atoms with van der Waals surface area (Å²) in [4.78, 5) is 8.96. The predicted molar refractivity (Wildman–Crippen MR) is 80.2 cm³/mol. The van der Waals surface area contributed by atoms with Gasteiger partial charge in [-0.25, -0.2) is 4.98 Å². The van der Waals surface area contributed by atoms with Crippen molar-refractivity contribution in [2.45, 2.75) is 6.92 Å². The lowest BCUT2D eigenvalue weighted by Gasteiger charge is -1.98. The molecule has 96 valence electrons. The Labute approximate surface area is 121 Å². The molecule has 0 fully saturated rings. The lowest BCUT2D eigenvalue weighted by Crippen LogP contribution is -1.84. The molecule has 1 aromatic carbocycles. The summed E-state index contributed by atoms with van der Waals surface area (Å²) >= 11 is 1.56. The largest absolute Gasteiger partial charge is 0.254 e. The van der Waals surface area contributed by atoms with Crippen molar-refractivity contribution in [3.8, 4) is 28.0 Å². The Bertz CT molecular complexity index is 799. The van der Waals surface area contributed by atoms with E-state index in [1.54, 1.807) is 23.6 Å². The maximum atomic E-state index is 8.94. The quantitative estimate of drug-likeness (QED) is 0.710. The van der Waals surface area contributed by atoms with E-state index in [0.717, 1.165) is 22.0 Å². The minimum absolute atomic E-state index is 0.644. The van der Waals surface area contributed by atoms with Gasteiger partial charge in [-0.1, -0.05) is 12.1 Å². The zero-order valence-corrected chi connectivity index (χ0v) is 11.7. The number of thiazole rings is 1. The van der Waals surface area contributed by atoms with Gasteiger partial charge in [-0.15, -0.1) is 11.3 Å². The van der Waals surface area contributed by atoms with Crippen molar-refractivity contribution in [1.29, 1.82) is 5.26 Å². The van der Waals surface area contributed by atoms with Crippen molar-refractivity contribution in [3.05, 3.63) is 59.1 Å². The van der Waals surface area contributed by atoms with Crippen LogP contribution < -0.4 is 0 Å². The Hall–Kier alpha value is -2.51. The van der Waals surface area contributed by atoms with E-state index in [9.17, 15) is 0 Å². The molecule has 0 saturated heterocycles. The van der Waals surface area contributed by atoms with E-state index in [2.05, 4.69) is 16.0 Å². The summed E-state index contributed by atoms with van der Waals surface area (Å²) < 4.78 is 0. The molecule has 0 aliphatic rings. The highest BCUT2D eigenvalue weighted by Gasteiger charge is 2.08. The molecule has 0 saturated carbocycles. The summed E-state index contributed by atoms with van der Waals surface area (Å²) in [5.41, 5.74) is 4.53. The summed E-state index contributed by atoms with van der Waals surface area (Å²) in [5.74, 6) is 0. The van der Waals surface area contributed by atoms with Crippen LogP contribution in [-0.2, 0) is 0 Å². The van der Waals surface area contributed by atoms with Gasteiger partial charge in [0.1, 0.15) is 5.01 Å². The number of aryl methyl sites for hydroxylation is 1. The fraction of sp³-hybridized carbons (Fsp3) is 0.0625. The van der Waals surface area contributed by atoms with Gasteiger partial charge in [-0.2, -0.15) is 5.26 Å². The topological polar surface area (TPSA) is 49.6 Å². The molecule has 2 aromatic heterocycles. The summed E-state index contributed by atoms with van der Waals surface area (Å²) in [6, 6.07) is 13.6. The number of pyridine rings is 1. The lowest BCUT2D eigenvalue weighted by molar-refractivity contribution is 1.26.